The SMILES string of the molecule is Cc1ccnc(Nc2cccc(-c3cnc([C@H]4CC[C@H](C(=O)NCCO)CC4)s3)n2)c1. The molecule has 31 heavy (non-hydrogen) atoms. The molecule has 1 aliphatic carbocycles. The van der Waals surface area contributed by atoms with Gasteiger partial charge in [0.05, 0.1) is 22.2 Å². The second-order valence-corrected chi connectivity index (χ2v) is 8.94. The zero-order valence-electron chi connectivity index (χ0n) is 17.5. The quantitative estimate of drug-likeness (QED) is 0.516. The van der Waals surface area contributed by atoms with E-state index in [-0.39, 0.29) is 18.4 Å². The molecule has 3 aromatic rings. The van der Waals surface area contributed by atoms with E-state index in [1.54, 1.807) is 17.5 Å². The van der Waals surface area contributed by atoms with Crippen LogP contribution in [-0.2, 0) is 4.79 Å². The fourth-order valence-electron chi connectivity index (χ4n) is 3.90. The lowest BCUT2D eigenvalue weighted by Gasteiger charge is -2.26. The highest BCUT2D eigenvalue weighted by Gasteiger charge is 2.28. The van der Waals surface area contributed by atoms with E-state index in [2.05, 4.69) is 20.6 Å². The van der Waals surface area contributed by atoms with Gasteiger partial charge in [0.2, 0.25) is 5.91 Å². The average molecular weight is 438 g/mol. The number of aliphatic hydroxyl groups is 1. The van der Waals surface area contributed by atoms with Crippen molar-refractivity contribution in [2.75, 3.05) is 18.5 Å². The third-order valence-corrected chi connectivity index (χ3v) is 6.74. The fraction of sp³-hybridized carbons (Fsp3) is 0.391. The van der Waals surface area contributed by atoms with Gasteiger partial charge in [0.15, 0.2) is 0 Å². The third-order valence-electron chi connectivity index (χ3n) is 5.55. The van der Waals surface area contributed by atoms with Crippen LogP contribution in [0.2, 0.25) is 0 Å². The number of anilines is 2. The van der Waals surface area contributed by atoms with Crippen LogP contribution in [0, 0.1) is 12.8 Å². The molecule has 0 saturated heterocycles. The van der Waals surface area contributed by atoms with Crippen molar-refractivity contribution < 1.29 is 9.90 Å². The maximum Gasteiger partial charge on any atom is 0.223 e. The van der Waals surface area contributed by atoms with Crippen LogP contribution >= 0.6 is 11.3 Å². The smallest absolute Gasteiger partial charge is 0.223 e. The van der Waals surface area contributed by atoms with E-state index in [1.807, 2.05) is 43.5 Å². The van der Waals surface area contributed by atoms with Gasteiger partial charge in [-0.25, -0.2) is 15.0 Å². The Labute approximate surface area is 186 Å². The number of rotatable bonds is 7. The number of amides is 1. The summed E-state index contributed by atoms with van der Waals surface area (Å²) in [6.45, 7) is 2.34. The van der Waals surface area contributed by atoms with Crippen LogP contribution in [0.3, 0.4) is 0 Å². The van der Waals surface area contributed by atoms with E-state index in [1.165, 1.54) is 0 Å². The van der Waals surface area contributed by atoms with E-state index >= 15 is 0 Å². The standard InChI is InChI=1S/C23H27N5O2S/c1-15-9-10-24-21(13-15)28-20-4-2-3-18(27-20)19-14-26-23(31-19)17-7-5-16(6-8-17)22(30)25-11-12-29/h2-4,9-10,13-14,16-17,29H,5-8,11-12H2,1H3,(H,25,30)(H,24,27,28)/t16-,17-. The number of hydrogen-bond acceptors (Lipinski definition) is 7. The molecule has 0 aliphatic heterocycles. The molecule has 1 aliphatic rings. The number of aromatic nitrogens is 3. The second-order valence-electron chi connectivity index (χ2n) is 7.88. The molecule has 8 heteroatoms. The Morgan fingerprint density at radius 1 is 1.16 bits per heavy atom. The molecule has 0 spiro atoms. The number of nitrogens with one attached hydrogen (secondary N) is 2. The summed E-state index contributed by atoms with van der Waals surface area (Å²) in [4.78, 5) is 26.9. The summed E-state index contributed by atoms with van der Waals surface area (Å²) < 4.78 is 0. The molecule has 3 aromatic heterocycles. The Morgan fingerprint density at radius 2 is 2.00 bits per heavy atom. The van der Waals surface area contributed by atoms with Crippen molar-refractivity contribution in [2.24, 2.45) is 5.92 Å². The van der Waals surface area contributed by atoms with Crippen molar-refractivity contribution in [3.8, 4) is 10.6 Å². The summed E-state index contributed by atoms with van der Waals surface area (Å²) in [7, 11) is 0. The summed E-state index contributed by atoms with van der Waals surface area (Å²) in [5.74, 6) is 2.01. The number of aryl methyl sites for hydroxylation is 1. The molecule has 162 valence electrons. The van der Waals surface area contributed by atoms with Gasteiger partial charge >= 0.3 is 0 Å². The van der Waals surface area contributed by atoms with Gasteiger partial charge in [0.1, 0.15) is 11.6 Å². The van der Waals surface area contributed by atoms with Crippen LogP contribution < -0.4 is 10.6 Å². The van der Waals surface area contributed by atoms with Crippen molar-refractivity contribution in [3.05, 3.63) is 53.3 Å². The predicted molar refractivity (Wildman–Crippen MR) is 122 cm³/mol. The van der Waals surface area contributed by atoms with Crippen molar-refractivity contribution >= 4 is 28.9 Å². The normalized spacial score (nSPS) is 18.5. The zero-order chi connectivity index (χ0) is 21.6. The Morgan fingerprint density at radius 3 is 2.77 bits per heavy atom. The third kappa shape index (κ3) is 5.45. The van der Waals surface area contributed by atoms with E-state index in [9.17, 15) is 4.79 Å². The number of carbonyl (C=O) groups is 1. The molecule has 1 fully saturated rings. The van der Waals surface area contributed by atoms with Gasteiger partial charge in [-0.15, -0.1) is 11.3 Å². The largest absolute Gasteiger partial charge is 0.395 e. The number of hydrogen-bond donors (Lipinski definition) is 3. The Kier molecular flexibility index (Phi) is 6.89. The topological polar surface area (TPSA) is 100 Å². The highest BCUT2D eigenvalue weighted by Crippen LogP contribution is 2.39. The molecule has 1 saturated carbocycles. The fourth-order valence-corrected chi connectivity index (χ4v) is 4.95. The van der Waals surface area contributed by atoms with Crippen molar-refractivity contribution in [1.82, 2.24) is 20.3 Å². The summed E-state index contributed by atoms with van der Waals surface area (Å²) in [6, 6.07) is 9.85. The van der Waals surface area contributed by atoms with Gasteiger partial charge in [-0.1, -0.05) is 6.07 Å². The summed E-state index contributed by atoms with van der Waals surface area (Å²) in [5.41, 5.74) is 2.03. The van der Waals surface area contributed by atoms with Gasteiger partial charge < -0.3 is 15.7 Å². The summed E-state index contributed by atoms with van der Waals surface area (Å²) in [5, 5.41) is 16.0. The van der Waals surface area contributed by atoms with Crippen molar-refractivity contribution in [1.29, 1.82) is 0 Å². The molecule has 3 heterocycles. The van der Waals surface area contributed by atoms with Crippen LogP contribution in [0.4, 0.5) is 11.6 Å². The van der Waals surface area contributed by atoms with Gasteiger partial charge in [-0.3, -0.25) is 4.79 Å². The van der Waals surface area contributed by atoms with Gasteiger partial charge in [-0.2, -0.15) is 0 Å². The number of carbonyl (C=O) groups excluding carboxylic acids is 1. The molecule has 3 N–H and O–H groups in total. The van der Waals surface area contributed by atoms with Crippen molar-refractivity contribution in [2.45, 2.75) is 38.5 Å². The Balaban J connectivity index is 1.40. The molecule has 0 atom stereocenters. The summed E-state index contributed by atoms with van der Waals surface area (Å²) >= 11 is 1.68. The minimum atomic E-state index is -0.0186. The second kappa shape index (κ2) is 9.98. The minimum Gasteiger partial charge on any atom is -0.395 e. The highest BCUT2D eigenvalue weighted by atomic mass is 32.1. The molecule has 0 bridgehead atoms. The first-order chi connectivity index (χ1) is 15.1. The average Bonchev–Trinajstić information content (AvgIpc) is 3.28. The van der Waals surface area contributed by atoms with Gasteiger partial charge in [0.25, 0.3) is 0 Å². The first-order valence-electron chi connectivity index (χ1n) is 10.6. The van der Waals surface area contributed by atoms with Crippen LogP contribution in [0.25, 0.3) is 10.6 Å². The van der Waals surface area contributed by atoms with Crippen molar-refractivity contribution in [3.63, 3.8) is 0 Å². The molecular formula is C23H27N5O2S. The molecule has 7 nitrogen and oxygen atoms in total. The maximum atomic E-state index is 12.1. The number of nitrogens with zero attached hydrogens (tertiary/aromatic N) is 3. The van der Waals surface area contributed by atoms with E-state index < -0.39 is 0 Å². The number of pyridine rings is 2. The zero-order valence-corrected chi connectivity index (χ0v) is 18.4. The van der Waals surface area contributed by atoms with Gasteiger partial charge in [-0.05, 0) is 62.4 Å². The molecular weight excluding hydrogens is 410 g/mol. The number of aliphatic hydroxyl groups excluding tert-OH is 1. The Bertz CT molecular complexity index is 1030. The Hall–Kier alpha value is -2.84. The highest BCUT2D eigenvalue weighted by molar-refractivity contribution is 7.15. The minimum absolute atomic E-state index is 0.0186. The molecule has 0 radical (unpaired) electrons. The number of thiazole rings is 1. The first kappa shape index (κ1) is 21.4. The molecule has 0 unspecified atom stereocenters. The lowest BCUT2D eigenvalue weighted by atomic mass is 9.82. The van der Waals surface area contributed by atoms with E-state index in [4.69, 9.17) is 10.1 Å². The monoisotopic (exact) mass is 437 g/mol. The van der Waals surface area contributed by atoms with Crippen LogP contribution in [0.15, 0.2) is 42.7 Å². The molecule has 0 aromatic carbocycles. The molecule has 1 amide bonds. The lowest BCUT2D eigenvalue weighted by molar-refractivity contribution is -0.126. The summed E-state index contributed by atoms with van der Waals surface area (Å²) in [6.07, 6.45) is 7.31. The van der Waals surface area contributed by atoms with Crippen LogP contribution in [-0.4, -0.2) is 39.1 Å². The van der Waals surface area contributed by atoms with E-state index in [0.717, 1.165) is 58.5 Å². The predicted octanol–water partition coefficient (Wildman–Crippen LogP) is 4.03. The molecule has 4 rings (SSSR count). The van der Waals surface area contributed by atoms with Gasteiger partial charge in [0, 0.05) is 30.8 Å². The first-order valence-corrected chi connectivity index (χ1v) is 11.5. The van der Waals surface area contributed by atoms with E-state index in [0.29, 0.717) is 12.5 Å². The van der Waals surface area contributed by atoms with Crippen LogP contribution in [0.5, 0.6) is 0 Å². The maximum absolute atomic E-state index is 12.1. The lowest BCUT2D eigenvalue weighted by Crippen LogP contribution is -2.34. The van der Waals surface area contributed by atoms with Crippen LogP contribution in [0.1, 0.15) is 42.2 Å².